The Bertz CT molecular complexity index is 895. The number of thioether (sulfide) groups is 1. The summed E-state index contributed by atoms with van der Waals surface area (Å²) in [6.07, 6.45) is 1.46. The summed E-state index contributed by atoms with van der Waals surface area (Å²) in [6, 6.07) is 9.98. The molecule has 26 heavy (non-hydrogen) atoms. The van der Waals surface area contributed by atoms with Crippen molar-refractivity contribution in [3.8, 4) is 5.82 Å². The van der Waals surface area contributed by atoms with Crippen LogP contribution >= 0.6 is 11.8 Å². The van der Waals surface area contributed by atoms with E-state index < -0.39 is 5.97 Å². The predicted molar refractivity (Wildman–Crippen MR) is 95.8 cm³/mol. The summed E-state index contributed by atoms with van der Waals surface area (Å²) in [4.78, 5) is 11.9. The van der Waals surface area contributed by atoms with Crippen LogP contribution in [0.2, 0.25) is 0 Å². The van der Waals surface area contributed by atoms with Crippen LogP contribution in [0.4, 0.5) is 4.39 Å². The lowest BCUT2D eigenvalue weighted by Crippen LogP contribution is -2.08. The smallest absolute Gasteiger partial charge is 0.341 e. The second-order valence-corrected chi connectivity index (χ2v) is 6.42. The zero-order valence-electron chi connectivity index (χ0n) is 14.3. The number of ether oxygens (including phenoxy) is 1. The average molecular weight is 372 g/mol. The first kappa shape index (κ1) is 18.1. The van der Waals surface area contributed by atoms with Crippen molar-refractivity contribution in [3.05, 3.63) is 65.2 Å². The molecule has 0 aliphatic heterocycles. The van der Waals surface area contributed by atoms with Gasteiger partial charge in [-0.05, 0) is 43.7 Å². The summed E-state index contributed by atoms with van der Waals surface area (Å²) in [7, 11) is 0. The summed E-state index contributed by atoms with van der Waals surface area (Å²) in [6.45, 7) is 3.84. The molecular formula is C18H17FN4O2S. The van der Waals surface area contributed by atoms with E-state index in [-0.39, 0.29) is 5.82 Å². The third-order valence-electron chi connectivity index (χ3n) is 3.65. The van der Waals surface area contributed by atoms with Gasteiger partial charge < -0.3 is 4.74 Å². The van der Waals surface area contributed by atoms with Crippen molar-refractivity contribution in [1.82, 2.24) is 20.0 Å². The number of halogens is 1. The van der Waals surface area contributed by atoms with E-state index in [1.54, 1.807) is 36.7 Å². The second-order valence-electron chi connectivity index (χ2n) is 5.42. The van der Waals surface area contributed by atoms with Gasteiger partial charge in [0.1, 0.15) is 16.4 Å². The molecule has 0 atom stereocenters. The molecular weight excluding hydrogens is 355 g/mol. The van der Waals surface area contributed by atoms with E-state index in [2.05, 4.69) is 15.3 Å². The molecule has 2 aromatic heterocycles. The van der Waals surface area contributed by atoms with Crippen LogP contribution in [0.5, 0.6) is 0 Å². The van der Waals surface area contributed by atoms with Crippen molar-refractivity contribution < 1.29 is 13.9 Å². The first-order valence-electron chi connectivity index (χ1n) is 8.01. The molecule has 134 valence electrons. The fourth-order valence-electron chi connectivity index (χ4n) is 2.29. The van der Waals surface area contributed by atoms with Crippen molar-refractivity contribution >= 4 is 17.7 Å². The van der Waals surface area contributed by atoms with Gasteiger partial charge in [0.2, 0.25) is 0 Å². The minimum absolute atomic E-state index is 0.250. The molecule has 2 heterocycles. The molecule has 0 bridgehead atoms. The molecule has 3 aromatic rings. The minimum Gasteiger partial charge on any atom is -0.462 e. The van der Waals surface area contributed by atoms with Crippen molar-refractivity contribution in [1.29, 1.82) is 0 Å². The van der Waals surface area contributed by atoms with E-state index >= 15 is 0 Å². The van der Waals surface area contributed by atoms with Gasteiger partial charge in [-0.2, -0.15) is 5.10 Å². The Morgan fingerprint density at radius 3 is 2.62 bits per heavy atom. The minimum atomic E-state index is -0.407. The number of hydrogen-bond donors (Lipinski definition) is 0. The summed E-state index contributed by atoms with van der Waals surface area (Å²) >= 11 is 1.50. The fraction of sp³-hybridized carbons (Fsp3) is 0.222. The van der Waals surface area contributed by atoms with Gasteiger partial charge in [0.25, 0.3) is 0 Å². The number of hydrogen-bond acceptors (Lipinski definition) is 6. The van der Waals surface area contributed by atoms with Crippen molar-refractivity contribution in [2.24, 2.45) is 0 Å². The number of carbonyl (C=O) groups excluding carboxylic acids is 1. The molecule has 0 unspecified atom stereocenters. The standard InChI is InChI=1S/C18H17FN4O2S/c1-3-25-18(24)15-10-20-23(12(15)2)16-8-9-17(22-21-16)26-11-13-4-6-14(19)7-5-13/h4-10H,3,11H2,1-2H3. The van der Waals surface area contributed by atoms with Gasteiger partial charge in [-0.1, -0.05) is 23.9 Å². The van der Waals surface area contributed by atoms with Crippen LogP contribution in [0, 0.1) is 12.7 Å². The number of nitrogens with zero attached hydrogens (tertiary/aromatic N) is 4. The van der Waals surface area contributed by atoms with Crippen molar-refractivity contribution in [2.75, 3.05) is 6.61 Å². The maximum absolute atomic E-state index is 12.9. The molecule has 8 heteroatoms. The van der Waals surface area contributed by atoms with E-state index in [0.717, 1.165) is 10.6 Å². The highest BCUT2D eigenvalue weighted by Gasteiger charge is 2.16. The third kappa shape index (κ3) is 4.08. The summed E-state index contributed by atoms with van der Waals surface area (Å²) in [5, 5.41) is 13.3. The Balaban J connectivity index is 1.69. The second kappa shape index (κ2) is 8.09. The molecule has 0 saturated heterocycles. The molecule has 0 saturated carbocycles. The maximum Gasteiger partial charge on any atom is 0.341 e. The highest BCUT2D eigenvalue weighted by atomic mass is 32.2. The normalized spacial score (nSPS) is 10.7. The molecule has 0 aliphatic rings. The number of benzene rings is 1. The largest absolute Gasteiger partial charge is 0.462 e. The Hall–Kier alpha value is -2.74. The van der Waals surface area contributed by atoms with Gasteiger partial charge in [-0.15, -0.1) is 10.2 Å². The van der Waals surface area contributed by atoms with Crippen LogP contribution in [0.25, 0.3) is 5.82 Å². The highest BCUT2D eigenvalue weighted by molar-refractivity contribution is 7.98. The van der Waals surface area contributed by atoms with Gasteiger partial charge in [0.15, 0.2) is 5.82 Å². The zero-order valence-corrected chi connectivity index (χ0v) is 15.2. The number of rotatable bonds is 6. The van der Waals surface area contributed by atoms with E-state index in [1.807, 2.05) is 6.07 Å². The highest BCUT2D eigenvalue weighted by Crippen LogP contribution is 2.21. The van der Waals surface area contributed by atoms with Gasteiger partial charge in [0, 0.05) is 5.75 Å². The van der Waals surface area contributed by atoms with Crippen LogP contribution in [0.15, 0.2) is 47.6 Å². The lowest BCUT2D eigenvalue weighted by molar-refractivity contribution is 0.0525. The van der Waals surface area contributed by atoms with Gasteiger partial charge in [-0.3, -0.25) is 0 Å². The lowest BCUT2D eigenvalue weighted by Gasteiger charge is -2.05. The van der Waals surface area contributed by atoms with Gasteiger partial charge >= 0.3 is 5.97 Å². The van der Waals surface area contributed by atoms with E-state index in [9.17, 15) is 9.18 Å². The fourth-order valence-corrected chi connectivity index (χ4v) is 3.06. The van der Waals surface area contributed by atoms with Crippen LogP contribution in [-0.4, -0.2) is 32.6 Å². The van der Waals surface area contributed by atoms with Crippen LogP contribution in [0.1, 0.15) is 28.5 Å². The summed E-state index contributed by atoms with van der Waals surface area (Å²) in [5.41, 5.74) is 2.05. The van der Waals surface area contributed by atoms with Gasteiger partial charge in [0.05, 0.1) is 18.5 Å². The first-order valence-corrected chi connectivity index (χ1v) is 9.00. The lowest BCUT2D eigenvalue weighted by atomic mass is 10.2. The van der Waals surface area contributed by atoms with E-state index in [4.69, 9.17) is 4.74 Å². The molecule has 0 amide bonds. The molecule has 0 aliphatic carbocycles. The predicted octanol–water partition coefficient (Wildman–Crippen LogP) is 3.58. The molecule has 0 fully saturated rings. The Morgan fingerprint density at radius 1 is 1.19 bits per heavy atom. The molecule has 6 nitrogen and oxygen atoms in total. The topological polar surface area (TPSA) is 69.9 Å². The van der Waals surface area contributed by atoms with Crippen molar-refractivity contribution in [3.63, 3.8) is 0 Å². The first-order chi connectivity index (χ1) is 12.6. The number of esters is 1. The average Bonchev–Trinajstić information content (AvgIpc) is 3.03. The zero-order chi connectivity index (χ0) is 18.5. The summed E-state index contributed by atoms with van der Waals surface area (Å²) < 4.78 is 19.5. The summed E-state index contributed by atoms with van der Waals surface area (Å²) in [5.74, 6) is 0.529. The van der Waals surface area contributed by atoms with Gasteiger partial charge in [-0.25, -0.2) is 13.9 Å². The van der Waals surface area contributed by atoms with E-state index in [1.165, 1.54) is 30.1 Å². The molecule has 0 radical (unpaired) electrons. The number of aromatic nitrogens is 4. The SMILES string of the molecule is CCOC(=O)c1cnn(-c2ccc(SCc3ccc(F)cc3)nn2)c1C. The maximum atomic E-state index is 12.9. The molecule has 0 N–H and O–H groups in total. The van der Waals surface area contributed by atoms with Crippen LogP contribution < -0.4 is 0 Å². The molecule has 3 rings (SSSR count). The third-order valence-corrected chi connectivity index (χ3v) is 4.64. The quantitative estimate of drug-likeness (QED) is 0.487. The van der Waals surface area contributed by atoms with E-state index in [0.29, 0.717) is 29.4 Å². The number of carbonyl (C=O) groups is 1. The van der Waals surface area contributed by atoms with Crippen LogP contribution in [0.3, 0.4) is 0 Å². The molecule has 0 spiro atoms. The van der Waals surface area contributed by atoms with Crippen LogP contribution in [-0.2, 0) is 10.5 Å². The molecule has 1 aromatic carbocycles. The Labute approximate surface area is 154 Å². The van der Waals surface area contributed by atoms with Crippen molar-refractivity contribution in [2.45, 2.75) is 24.6 Å². The monoisotopic (exact) mass is 372 g/mol. The Kier molecular flexibility index (Phi) is 5.62. The Morgan fingerprint density at radius 2 is 1.96 bits per heavy atom.